The molecule has 0 saturated carbocycles. The molecule has 10 heteroatoms. The summed E-state index contributed by atoms with van der Waals surface area (Å²) in [6.07, 6.45) is 3.71. The summed E-state index contributed by atoms with van der Waals surface area (Å²) in [4.78, 5) is 31.7. The number of hydrogen-bond acceptors (Lipinski definition) is 6. The van der Waals surface area contributed by atoms with Crippen molar-refractivity contribution in [2.75, 3.05) is 24.4 Å². The second-order valence-electron chi connectivity index (χ2n) is 10.9. The van der Waals surface area contributed by atoms with Crippen molar-refractivity contribution in [3.8, 4) is 11.4 Å². The summed E-state index contributed by atoms with van der Waals surface area (Å²) in [5.74, 6) is -0.0193. The minimum absolute atomic E-state index is 0.119. The number of thiocarbonyl (C=S) groups is 1. The van der Waals surface area contributed by atoms with Gasteiger partial charge in [0.2, 0.25) is 5.91 Å². The Morgan fingerprint density at radius 1 is 0.976 bits per heavy atom. The van der Waals surface area contributed by atoms with Gasteiger partial charge in [-0.2, -0.15) is 0 Å². The fraction of sp³-hybridized carbons (Fsp3) is 0.250. The molecule has 1 amide bonds. The van der Waals surface area contributed by atoms with Crippen LogP contribution >= 0.6 is 12.2 Å². The van der Waals surface area contributed by atoms with E-state index in [-0.39, 0.29) is 18.0 Å². The zero-order chi connectivity index (χ0) is 30.0. The van der Waals surface area contributed by atoms with Gasteiger partial charge in [0.15, 0.2) is 5.11 Å². The number of ether oxygens (including phenoxy) is 2. The van der Waals surface area contributed by atoms with Crippen molar-refractivity contribution in [3.05, 3.63) is 102 Å². The normalized spacial score (nSPS) is 16.6. The van der Waals surface area contributed by atoms with Crippen LogP contribution in [0, 0.1) is 5.41 Å². The summed E-state index contributed by atoms with van der Waals surface area (Å²) >= 11 is 5.92. The minimum Gasteiger partial charge on any atom is -0.494 e. The third-order valence-corrected chi connectivity index (χ3v) is 7.43. The van der Waals surface area contributed by atoms with E-state index in [2.05, 4.69) is 15.6 Å². The van der Waals surface area contributed by atoms with Crippen LogP contribution in [0.15, 0.2) is 85.2 Å². The first-order chi connectivity index (χ1) is 20.1. The molecule has 1 aliphatic heterocycles. The van der Waals surface area contributed by atoms with Gasteiger partial charge in [-0.1, -0.05) is 32.9 Å². The predicted molar refractivity (Wildman–Crippen MR) is 166 cm³/mol. The number of anilines is 2. The van der Waals surface area contributed by atoms with Crippen LogP contribution in [-0.2, 0) is 9.53 Å². The van der Waals surface area contributed by atoms with Gasteiger partial charge >= 0.3 is 5.97 Å². The van der Waals surface area contributed by atoms with Crippen molar-refractivity contribution >= 4 is 40.6 Å². The highest BCUT2D eigenvalue weighted by atomic mass is 32.1. The zero-order valence-electron chi connectivity index (χ0n) is 24.1. The summed E-state index contributed by atoms with van der Waals surface area (Å²) in [5, 5.41) is 6.96. The molecule has 1 fully saturated rings. The average Bonchev–Trinajstić information content (AvgIpc) is 3.61. The average molecular weight is 584 g/mol. The Morgan fingerprint density at radius 2 is 1.79 bits per heavy atom. The van der Waals surface area contributed by atoms with Crippen LogP contribution in [0.5, 0.6) is 5.75 Å². The molecule has 0 radical (unpaired) electrons. The van der Waals surface area contributed by atoms with E-state index in [0.29, 0.717) is 22.1 Å². The number of hydrogen-bond donors (Lipinski definition) is 2. The number of aromatic nitrogens is 2. The monoisotopic (exact) mass is 583 g/mol. The number of carbonyl (C=O) groups excluding carboxylic acids is 2. The molecule has 2 atom stereocenters. The van der Waals surface area contributed by atoms with Crippen LogP contribution in [0.4, 0.5) is 11.4 Å². The summed E-state index contributed by atoms with van der Waals surface area (Å²) in [6.45, 7) is 5.57. The number of pyridine rings is 1. The van der Waals surface area contributed by atoms with Gasteiger partial charge in [-0.25, -0.2) is 4.79 Å². The molecule has 9 nitrogen and oxygen atoms in total. The van der Waals surface area contributed by atoms with Gasteiger partial charge in [-0.15, -0.1) is 0 Å². The third kappa shape index (κ3) is 5.58. The maximum atomic E-state index is 12.7. The van der Waals surface area contributed by atoms with Gasteiger partial charge in [0.1, 0.15) is 11.8 Å². The first kappa shape index (κ1) is 28.8. The highest BCUT2D eigenvalue weighted by Gasteiger charge is 2.42. The lowest BCUT2D eigenvalue weighted by Crippen LogP contribution is -2.30. The first-order valence-electron chi connectivity index (χ1n) is 13.5. The number of amides is 1. The highest BCUT2D eigenvalue weighted by Crippen LogP contribution is 2.44. The van der Waals surface area contributed by atoms with Crippen LogP contribution in [0.25, 0.3) is 5.69 Å². The largest absolute Gasteiger partial charge is 0.494 e. The van der Waals surface area contributed by atoms with Crippen LogP contribution in [0.3, 0.4) is 0 Å². The molecule has 0 spiro atoms. The number of benzene rings is 2. The van der Waals surface area contributed by atoms with E-state index in [9.17, 15) is 9.59 Å². The molecule has 2 aromatic heterocycles. The van der Waals surface area contributed by atoms with Gasteiger partial charge in [-0.3, -0.25) is 9.78 Å². The lowest BCUT2D eigenvalue weighted by atomic mass is 9.95. The first-order valence-corrected chi connectivity index (χ1v) is 13.9. The van der Waals surface area contributed by atoms with E-state index in [4.69, 9.17) is 21.7 Å². The molecule has 0 aliphatic carbocycles. The van der Waals surface area contributed by atoms with E-state index < -0.39 is 11.4 Å². The van der Waals surface area contributed by atoms with Gasteiger partial charge < -0.3 is 29.6 Å². The fourth-order valence-electron chi connectivity index (χ4n) is 4.95. The van der Waals surface area contributed by atoms with Crippen molar-refractivity contribution in [3.63, 3.8) is 0 Å². The maximum Gasteiger partial charge on any atom is 0.337 e. The lowest BCUT2D eigenvalue weighted by molar-refractivity contribution is -0.123. The maximum absolute atomic E-state index is 12.7. The Bertz CT molecular complexity index is 1630. The zero-order valence-corrected chi connectivity index (χ0v) is 24.9. The number of esters is 1. The summed E-state index contributed by atoms with van der Waals surface area (Å²) < 4.78 is 12.7. The summed E-state index contributed by atoms with van der Waals surface area (Å²) in [7, 11) is 2.94. The quantitative estimate of drug-likeness (QED) is 0.207. The molecule has 4 aromatic rings. The van der Waals surface area contributed by atoms with Crippen LogP contribution < -0.4 is 20.3 Å². The number of rotatable bonds is 7. The molecule has 1 aliphatic rings. The summed E-state index contributed by atoms with van der Waals surface area (Å²) in [5.41, 5.74) is 3.77. The third-order valence-electron chi connectivity index (χ3n) is 7.12. The molecule has 0 unspecified atom stereocenters. The van der Waals surface area contributed by atoms with Crippen molar-refractivity contribution in [2.45, 2.75) is 32.9 Å². The number of nitrogens with zero attached hydrogens (tertiary/aromatic N) is 3. The van der Waals surface area contributed by atoms with E-state index >= 15 is 0 Å². The van der Waals surface area contributed by atoms with Gasteiger partial charge in [0, 0.05) is 40.9 Å². The predicted octanol–water partition coefficient (Wildman–Crippen LogP) is 5.83. The van der Waals surface area contributed by atoms with Crippen molar-refractivity contribution in [1.82, 2.24) is 14.9 Å². The molecule has 2 N–H and O–H groups in total. The SMILES string of the molecule is COC(=O)c1cccc(-n2cccc2[C@H]2[C@H](c3ccccn3)NC(=S)N2c2ccc(NC(=O)C(C)(C)C)c(OC)c2)c1. The van der Waals surface area contributed by atoms with E-state index in [1.807, 2.05) is 97.1 Å². The van der Waals surface area contributed by atoms with E-state index in [0.717, 1.165) is 22.8 Å². The van der Waals surface area contributed by atoms with Crippen molar-refractivity contribution in [1.29, 1.82) is 0 Å². The van der Waals surface area contributed by atoms with Crippen molar-refractivity contribution in [2.24, 2.45) is 5.41 Å². The molecule has 2 aromatic carbocycles. The standard InChI is InChI=1S/C32H33N5O4S/c1-32(2,3)30(39)34-23-15-14-22(19-26(23)40-4)37-28(27(35-31(37)42)24-12-6-7-16-33-24)25-13-9-17-36(25)21-11-8-10-20(18-21)29(38)41-5/h6-19,27-28H,1-5H3,(H,34,39)(H,35,42)/t27-,28-/m0/s1. The Labute approximate surface area is 250 Å². The number of carbonyl (C=O) groups is 2. The van der Waals surface area contributed by atoms with Gasteiger partial charge in [-0.05, 0) is 66.8 Å². The van der Waals surface area contributed by atoms with Crippen molar-refractivity contribution < 1.29 is 19.1 Å². The van der Waals surface area contributed by atoms with Crippen LogP contribution in [-0.4, -0.2) is 40.8 Å². The van der Waals surface area contributed by atoms with Gasteiger partial charge in [0.25, 0.3) is 0 Å². The van der Waals surface area contributed by atoms with Crippen LogP contribution in [0.2, 0.25) is 0 Å². The highest BCUT2D eigenvalue weighted by molar-refractivity contribution is 7.80. The smallest absolute Gasteiger partial charge is 0.337 e. The van der Waals surface area contributed by atoms with E-state index in [1.54, 1.807) is 25.4 Å². The molecule has 42 heavy (non-hydrogen) atoms. The molecule has 216 valence electrons. The second-order valence-corrected chi connectivity index (χ2v) is 11.3. The van der Waals surface area contributed by atoms with E-state index in [1.165, 1.54) is 7.11 Å². The molecular weight excluding hydrogens is 550 g/mol. The number of methoxy groups -OCH3 is 2. The molecule has 5 rings (SSSR count). The number of nitrogens with one attached hydrogen (secondary N) is 2. The Morgan fingerprint density at radius 3 is 2.48 bits per heavy atom. The molecule has 1 saturated heterocycles. The Hall–Kier alpha value is -4.70. The molecule has 0 bridgehead atoms. The summed E-state index contributed by atoms with van der Waals surface area (Å²) in [6, 6.07) is 22.0. The lowest BCUT2D eigenvalue weighted by Gasteiger charge is -2.29. The Balaban J connectivity index is 1.61. The Kier molecular flexibility index (Phi) is 8.00. The molecular formula is C32H33N5O4S. The fourth-order valence-corrected chi connectivity index (χ4v) is 5.29. The van der Waals surface area contributed by atoms with Gasteiger partial charge in [0.05, 0.1) is 37.2 Å². The van der Waals surface area contributed by atoms with Crippen LogP contribution in [0.1, 0.15) is 54.6 Å². The second kappa shape index (κ2) is 11.7. The topological polar surface area (TPSA) is 97.7 Å². The minimum atomic E-state index is -0.568. The molecule has 3 heterocycles.